The third kappa shape index (κ3) is 5.91. The number of halogens is 1. The number of anilines is 1. The van der Waals surface area contributed by atoms with Gasteiger partial charge in [0, 0.05) is 43.5 Å². The van der Waals surface area contributed by atoms with Crippen LogP contribution in [0.3, 0.4) is 0 Å². The first-order valence-electron chi connectivity index (χ1n) is 7.05. The Labute approximate surface area is 131 Å². The minimum Gasteiger partial charge on any atom is -0.383 e. The van der Waals surface area contributed by atoms with Crippen LogP contribution in [0, 0.1) is 0 Å². The van der Waals surface area contributed by atoms with Crippen LogP contribution in [0.2, 0.25) is 5.02 Å². The van der Waals surface area contributed by atoms with Gasteiger partial charge in [0.25, 0.3) is 0 Å². The summed E-state index contributed by atoms with van der Waals surface area (Å²) in [5, 5.41) is 6.78. The van der Waals surface area contributed by atoms with E-state index in [4.69, 9.17) is 16.3 Å². The van der Waals surface area contributed by atoms with Crippen molar-refractivity contribution >= 4 is 23.2 Å². The molecule has 1 aromatic rings. The van der Waals surface area contributed by atoms with Gasteiger partial charge in [-0.15, -0.1) is 0 Å². The molecular weight excluding hydrogens is 290 g/mol. The van der Waals surface area contributed by atoms with Crippen LogP contribution >= 0.6 is 11.6 Å². The number of rotatable bonds is 9. The number of carbonyl (C=O) groups is 1. The molecule has 1 aromatic carbocycles. The minimum atomic E-state index is -0.0380. The summed E-state index contributed by atoms with van der Waals surface area (Å²) in [7, 11) is 3.49. The van der Waals surface area contributed by atoms with Crippen molar-refractivity contribution in [3.63, 3.8) is 0 Å². The molecule has 0 aliphatic rings. The highest BCUT2D eigenvalue weighted by atomic mass is 35.5. The number of nitrogens with zero attached hydrogens (tertiary/aromatic N) is 1. The zero-order chi connectivity index (χ0) is 15.7. The fraction of sp³-hybridized carbons (Fsp3) is 0.533. The highest BCUT2D eigenvalue weighted by molar-refractivity contribution is 6.31. The molecule has 0 heterocycles. The monoisotopic (exact) mass is 313 g/mol. The van der Waals surface area contributed by atoms with Crippen LogP contribution in [0.5, 0.6) is 0 Å². The van der Waals surface area contributed by atoms with Gasteiger partial charge in [0.05, 0.1) is 13.2 Å². The fourth-order valence-electron chi connectivity index (χ4n) is 1.98. The van der Waals surface area contributed by atoms with E-state index >= 15 is 0 Å². The van der Waals surface area contributed by atoms with Crippen molar-refractivity contribution in [2.75, 3.05) is 45.3 Å². The van der Waals surface area contributed by atoms with Gasteiger partial charge in [-0.2, -0.15) is 0 Å². The van der Waals surface area contributed by atoms with E-state index in [1.54, 1.807) is 7.11 Å². The van der Waals surface area contributed by atoms with E-state index in [0.29, 0.717) is 24.7 Å². The Hall–Kier alpha value is -1.30. The van der Waals surface area contributed by atoms with Gasteiger partial charge >= 0.3 is 0 Å². The smallest absolute Gasteiger partial charge is 0.239 e. The first kappa shape index (κ1) is 17.8. The number of nitrogens with one attached hydrogen (secondary N) is 2. The number of ether oxygens (including phenoxy) is 1. The summed E-state index contributed by atoms with van der Waals surface area (Å²) in [5.41, 5.74) is 1.97. The molecule has 0 saturated carbocycles. The highest BCUT2D eigenvalue weighted by Gasteiger charge is 2.13. The maximum atomic E-state index is 11.9. The largest absolute Gasteiger partial charge is 0.383 e. The highest BCUT2D eigenvalue weighted by Crippen LogP contribution is 2.26. The minimum absolute atomic E-state index is 0.0380. The molecule has 0 saturated heterocycles. The average Bonchev–Trinajstić information content (AvgIpc) is 2.46. The van der Waals surface area contributed by atoms with Crippen LogP contribution in [0.15, 0.2) is 18.2 Å². The van der Waals surface area contributed by atoms with Crippen molar-refractivity contribution in [1.29, 1.82) is 0 Å². The number of hydrogen-bond donors (Lipinski definition) is 2. The summed E-state index contributed by atoms with van der Waals surface area (Å²) in [4.78, 5) is 13.8. The van der Waals surface area contributed by atoms with E-state index in [-0.39, 0.29) is 12.5 Å². The van der Waals surface area contributed by atoms with E-state index in [1.165, 1.54) is 0 Å². The van der Waals surface area contributed by atoms with Gasteiger partial charge in [-0.25, -0.2) is 0 Å². The lowest BCUT2D eigenvalue weighted by molar-refractivity contribution is -0.119. The third-order valence-electron chi connectivity index (χ3n) is 3.07. The molecule has 5 nitrogen and oxygen atoms in total. The molecule has 118 valence electrons. The number of carbonyl (C=O) groups excluding carboxylic acids is 1. The molecule has 2 N–H and O–H groups in total. The summed E-state index contributed by atoms with van der Waals surface area (Å²) >= 11 is 6.26. The van der Waals surface area contributed by atoms with E-state index in [1.807, 2.05) is 37.1 Å². The molecule has 1 rings (SSSR count). The number of hydrogen-bond acceptors (Lipinski definition) is 4. The maximum Gasteiger partial charge on any atom is 0.239 e. The maximum absolute atomic E-state index is 11.9. The molecule has 0 fully saturated rings. The zero-order valence-electron chi connectivity index (χ0n) is 12.9. The standard InChI is InChI=1S/C15H24ClN3O2/c1-4-17-10-12-13(16)6-5-7-14(12)19(2)11-15(20)18-8-9-21-3/h5-7,17H,4,8-11H2,1-3H3,(H,18,20). The fourth-order valence-corrected chi connectivity index (χ4v) is 2.22. The van der Waals surface area contributed by atoms with Crippen molar-refractivity contribution in [2.24, 2.45) is 0 Å². The topological polar surface area (TPSA) is 53.6 Å². The van der Waals surface area contributed by atoms with Crippen molar-refractivity contribution in [2.45, 2.75) is 13.5 Å². The molecule has 6 heteroatoms. The molecule has 0 spiro atoms. The Morgan fingerprint density at radius 2 is 2.19 bits per heavy atom. The van der Waals surface area contributed by atoms with Crippen LogP contribution in [-0.4, -0.2) is 46.3 Å². The van der Waals surface area contributed by atoms with E-state index in [0.717, 1.165) is 17.8 Å². The number of benzene rings is 1. The van der Waals surface area contributed by atoms with E-state index in [2.05, 4.69) is 10.6 Å². The Bertz CT molecular complexity index is 455. The summed E-state index contributed by atoms with van der Waals surface area (Å²) in [6.07, 6.45) is 0. The van der Waals surface area contributed by atoms with Gasteiger partial charge in [0.1, 0.15) is 0 Å². The van der Waals surface area contributed by atoms with Gasteiger partial charge in [-0.3, -0.25) is 4.79 Å². The summed E-state index contributed by atoms with van der Waals surface area (Å²) in [6, 6.07) is 5.73. The molecule has 0 bridgehead atoms. The molecule has 1 amide bonds. The second kappa shape index (κ2) is 9.60. The van der Waals surface area contributed by atoms with Crippen LogP contribution in [0.4, 0.5) is 5.69 Å². The molecule has 21 heavy (non-hydrogen) atoms. The van der Waals surface area contributed by atoms with E-state index < -0.39 is 0 Å². The van der Waals surface area contributed by atoms with Crippen LogP contribution in [0.1, 0.15) is 12.5 Å². The predicted molar refractivity (Wildman–Crippen MR) is 87.0 cm³/mol. The van der Waals surface area contributed by atoms with Gasteiger partial charge < -0.3 is 20.3 Å². The Morgan fingerprint density at radius 1 is 1.43 bits per heavy atom. The Balaban J connectivity index is 2.70. The Kier molecular flexibility index (Phi) is 8.12. The second-order valence-electron chi connectivity index (χ2n) is 4.72. The van der Waals surface area contributed by atoms with Crippen LogP contribution < -0.4 is 15.5 Å². The first-order chi connectivity index (χ1) is 10.1. The van der Waals surface area contributed by atoms with Crippen LogP contribution in [0.25, 0.3) is 0 Å². The van der Waals surface area contributed by atoms with Gasteiger partial charge in [-0.05, 0) is 18.7 Å². The number of amides is 1. The molecule has 0 atom stereocenters. The molecule has 0 aliphatic carbocycles. The molecule has 0 aromatic heterocycles. The second-order valence-corrected chi connectivity index (χ2v) is 5.12. The zero-order valence-corrected chi connectivity index (χ0v) is 13.7. The summed E-state index contributed by atoms with van der Waals surface area (Å²) in [5.74, 6) is -0.0380. The number of likely N-dealkylation sites (N-methyl/N-ethyl adjacent to an activating group) is 1. The normalized spacial score (nSPS) is 10.5. The molecule has 0 radical (unpaired) electrons. The summed E-state index contributed by atoms with van der Waals surface area (Å²) < 4.78 is 4.91. The quantitative estimate of drug-likeness (QED) is 0.681. The SMILES string of the molecule is CCNCc1c(Cl)cccc1N(C)CC(=O)NCCOC. The predicted octanol–water partition coefficient (Wildman–Crippen LogP) is 1.65. The Morgan fingerprint density at radius 3 is 2.86 bits per heavy atom. The molecule has 0 aliphatic heterocycles. The van der Waals surface area contributed by atoms with Crippen molar-refractivity contribution in [3.05, 3.63) is 28.8 Å². The van der Waals surface area contributed by atoms with Gasteiger partial charge in [0.2, 0.25) is 5.91 Å². The lowest BCUT2D eigenvalue weighted by atomic mass is 10.1. The van der Waals surface area contributed by atoms with Crippen molar-refractivity contribution in [1.82, 2.24) is 10.6 Å². The third-order valence-corrected chi connectivity index (χ3v) is 3.42. The lowest BCUT2D eigenvalue weighted by Crippen LogP contribution is -2.37. The van der Waals surface area contributed by atoms with Gasteiger partial charge in [-0.1, -0.05) is 24.6 Å². The van der Waals surface area contributed by atoms with Crippen LogP contribution in [-0.2, 0) is 16.1 Å². The number of methoxy groups -OCH3 is 1. The van der Waals surface area contributed by atoms with Gasteiger partial charge in [0.15, 0.2) is 0 Å². The van der Waals surface area contributed by atoms with Crippen molar-refractivity contribution in [3.8, 4) is 0 Å². The lowest BCUT2D eigenvalue weighted by Gasteiger charge is -2.23. The summed E-state index contributed by atoms with van der Waals surface area (Å²) in [6.45, 7) is 4.90. The van der Waals surface area contributed by atoms with Crippen molar-refractivity contribution < 1.29 is 9.53 Å². The van der Waals surface area contributed by atoms with E-state index in [9.17, 15) is 4.79 Å². The molecular formula is C15H24ClN3O2. The first-order valence-corrected chi connectivity index (χ1v) is 7.42. The average molecular weight is 314 g/mol. The molecule has 0 unspecified atom stereocenters.